The number of aliphatic hydroxyl groups is 1. The van der Waals surface area contributed by atoms with Crippen molar-refractivity contribution < 1.29 is 14.6 Å². The third kappa shape index (κ3) is 4.31. The molecule has 1 aromatic carbocycles. The highest BCUT2D eigenvalue weighted by molar-refractivity contribution is 5.87. The average Bonchev–Trinajstić information content (AvgIpc) is 2.40. The monoisotopic (exact) mass is 266 g/mol. The first-order chi connectivity index (χ1) is 9.02. The molecule has 0 spiro atoms. The van der Waals surface area contributed by atoms with Gasteiger partial charge in [-0.3, -0.25) is 4.79 Å². The summed E-state index contributed by atoms with van der Waals surface area (Å²) in [6, 6.07) is 8.95. The quantitative estimate of drug-likeness (QED) is 0.666. The van der Waals surface area contributed by atoms with E-state index in [1.807, 2.05) is 30.3 Å². The molecule has 0 radical (unpaired) electrons. The van der Waals surface area contributed by atoms with Crippen LogP contribution in [0.3, 0.4) is 0 Å². The Labute approximate surface area is 113 Å². The molecule has 0 aromatic heterocycles. The predicted octanol–water partition coefficient (Wildman–Crippen LogP) is 0.374. The van der Waals surface area contributed by atoms with E-state index in [2.05, 4.69) is 5.32 Å². The molecule has 1 aromatic rings. The third-order valence-electron chi connectivity index (χ3n) is 3.03. The van der Waals surface area contributed by atoms with Crippen LogP contribution in [0.1, 0.15) is 18.9 Å². The number of amides is 1. The van der Waals surface area contributed by atoms with E-state index in [1.165, 1.54) is 0 Å². The zero-order valence-corrected chi connectivity index (χ0v) is 11.4. The normalized spacial score (nSPS) is 15.6. The Morgan fingerprint density at radius 1 is 1.47 bits per heavy atom. The molecule has 2 unspecified atom stereocenters. The van der Waals surface area contributed by atoms with E-state index in [1.54, 1.807) is 14.0 Å². The van der Waals surface area contributed by atoms with E-state index in [-0.39, 0.29) is 18.6 Å². The fourth-order valence-corrected chi connectivity index (χ4v) is 1.80. The smallest absolute Gasteiger partial charge is 0.244 e. The number of hydrogen-bond donors (Lipinski definition) is 3. The fourth-order valence-electron chi connectivity index (χ4n) is 1.80. The summed E-state index contributed by atoms with van der Waals surface area (Å²) in [6.45, 7) is 2.00. The molecule has 1 amide bonds. The molecule has 0 saturated heterocycles. The van der Waals surface area contributed by atoms with Crippen molar-refractivity contribution in [1.29, 1.82) is 0 Å². The number of aliphatic hydroxyl groups excluding tert-OH is 1. The molecule has 5 heteroatoms. The van der Waals surface area contributed by atoms with Crippen molar-refractivity contribution in [2.75, 3.05) is 20.3 Å². The van der Waals surface area contributed by atoms with Gasteiger partial charge in [0.1, 0.15) is 5.54 Å². The van der Waals surface area contributed by atoms with Gasteiger partial charge in [-0.05, 0) is 18.9 Å². The van der Waals surface area contributed by atoms with Gasteiger partial charge in [-0.25, -0.2) is 0 Å². The van der Waals surface area contributed by atoms with Crippen molar-refractivity contribution in [2.24, 2.45) is 5.73 Å². The van der Waals surface area contributed by atoms with Crippen LogP contribution in [0.5, 0.6) is 0 Å². The zero-order valence-electron chi connectivity index (χ0n) is 11.4. The van der Waals surface area contributed by atoms with Gasteiger partial charge in [-0.2, -0.15) is 0 Å². The topological polar surface area (TPSA) is 84.6 Å². The van der Waals surface area contributed by atoms with Gasteiger partial charge in [0.2, 0.25) is 5.91 Å². The number of ether oxygens (including phenoxy) is 1. The van der Waals surface area contributed by atoms with Crippen LogP contribution in [-0.2, 0) is 15.1 Å². The maximum Gasteiger partial charge on any atom is 0.244 e. The van der Waals surface area contributed by atoms with E-state index in [0.29, 0.717) is 13.0 Å². The number of carbonyl (C=O) groups excluding carboxylic acids is 1. The largest absolute Gasteiger partial charge is 0.396 e. The lowest BCUT2D eigenvalue weighted by Crippen LogP contribution is -2.53. The Morgan fingerprint density at radius 2 is 2.11 bits per heavy atom. The Bertz CT molecular complexity index is 387. The summed E-state index contributed by atoms with van der Waals surface area (Å²) in [5, 5.41) is 11.8. The van der Waals surface area contributed by atoms with Crippen LogP contribution >= 0.6 is 0 Å². The molecular formula is C14H22N2O3. The Morgan fingerprint density at radius 3 is 2.63 bits per heavy atom. The summed E-state index contributed by atoms with van der Waals surface area (Å²) < 4.78 is 5.01. The van der Waals surface area contributed by atoms with Crippen molar-refractivity contribution in [3.8, 4) is 0 Å². The molecule has 0 fully saturated rings. The van der Waals surface area contributed by atoms with Crippen LogP contribution in [0.15, 0.2) is 30.3 Å². The highest BCUT2D eigenvalue weighted by Gasteiger charge is 2.31. The highest BCUT2D eigenvalue weighted by Crippen LogP contribution is 2.17. The number of benzene rings is 1. The minimum absolute atomic E-state index is 0.0130. The first-order valence-electron chi connectivity index (χ1n) is 6.27. The molecule has 0 bridgehead atoms. The van der Waals surface area contributed by atoms with E-state index >= 15 is 0 Å². The predicted molar refractivity (Wildman–Crippen MR) is 73.5 cm³/mol. The Hall–Kier alpha value is -1.43. The van der Waals surface area contributed by atoms with Gasteiger partial charge in [0.05, 0.1) is 12.6 Å². The molecular weight excluding hydrogens is 244 g/mol. The molecule has 0 saturated carbocycles. The SMILES string of the molecule is COCC(CCO)NC(=O)C(C)(N)c1ccccc1. The maximum atomic E-state index is 12.3. The summed E-state index contributed by atoms with van der Waals surface area (Å²) in [4.78, 5) is 12.3. The Balaban J connectivity index is 2.75. The second-order valence-corrected chi connectivity index (χ2v) is 4.71. The molecule has 0 aliphatic carbocycles. The third-order valence-corrected chi connectivity index (χ3v) is 3.03. The van der Waals surface area contributed by atoms with Crippen molar-refractivity contribution in [3.05, 3.63) is 35.9 Å². The number of nitrogens with one attached hydrogen (secondary N) is 1. The second kappa shape index (κ2) is 7.23. The van der Waals surface area contributed by atoms with Gasteiger partial charge in [-0.15, -0.1) is 0 Å². The summed E-state index contributed by atoms with van der Waals surface area (Å²) in [7, 11) is 1.55. The molecule has 0 heterocycles. The van der Waals surface area contributed by atoms with Crippen LogP contribution in [0.4, 0.5) is 0 Å². The first kappa shape index (κ1) is 15.6. The van der Waals surface area contributed by atoms with Gasteiger partial charge in [-0.1, -0.05) is 30.3 Å². The van der Waals surface area contributed by atoms with Gasteiger partial charge in [0.25, 0.3) is 0 Å². The van der Waals surface area contributed by atoms with Gasteiger partial charge in [0.15, 0.2) is 0 Å². The zero-order chi connectivity index (χ0) is 14.3. The van der Waals surface area contributed by atoms with Crippen LogP contribution in [0.25, 0.3) is 0 Å². The summed E-state index contributed by atoms with van der Waals surface area (Å²) in [5.41, 5.74) is 5.74. The molecule has 4 N–H and O–H groups in total. The molecule has 2 atom stereocenters. The standard InChI is InChI=1S/C14H22N2O3/c1-14(15,11-6-4-3-5-7-11)13(18)16-12(8-9-17)10-19-2/h3-7,12,17H,8-10,15H2,1-2H3,(H,16,18). The number of nitrogens with two attached hydrogens (primary N) is 1. The minimum Gasteiger partial charge on any atom is -0.396 e. The fraction of sp³-hybridized carbons (Fsp3) is 0.500. The molecule has 0 aliphatic rings. The van der Waals surface area contributed by atoms with E-state index in [4.69, 9.17) is 15.6 Å². The highest BCUT2D eigenvalue weighted by atomic mass is 16.5. The summed E-state index contributed by atoms with van der Waals surface area (Å²) >= 11 is 0. The van der Waals surface area contributed by atoms with E-state index < -0.39 is 5.54 Å². The number of hydrogen-bond acceptors (Lipinski definition) is 4. The summed E-state index contributed by atoms with van der Waals surface area (Å²) in [6.07, 6.45) is 0.435. The van der Waals surface area contributed by atoms with Crippen molar-refractivity contribution in [3.63, 3.8) is 0 Å². The molecule has 1 rings (SSSR count). The molecule has 0 aliphatic heterocycles. The Kier molecular flexibility index (Phi) is 5.95. The van der Waals surface area contributed by atoms with Crippen LogP contribution < -0.4 is 11.1 Å². The second-order valence-electron chi connectivity index (χ2n) is 4.71. The van der Waals surface area contributed by atoms with Crippen LogP contribution in [0, 0.1) is 0 Å². The molecule has 106 valence electrons. The van der Waals surface area contributed by atoms with Crippen LogP contribution in [0.2, 0.25) is 0 Å². The first-order valence-corrected chi connectivity index (χ1v) is 6.27. The van der Waals surface area contributed by atoms with Gasteiger partial charge >= 0.3 is 0 Å². The lowest BCUT2D eigenvalue weighted by molar-refractivity contribution is -0.127. The minimum atomic E-state index is -1.11. The van der Waals surface area contributed by atoms with Gasteiger partial charge < -0.3 is 20.9 Å². The lowest BCUT2D eigenvalue weighted by atomic mass is 9.92. The van der Waals surface area contributed by atoms with Crippen LogP contribution in [-0.4, -0.2) is 37.4 Å². The number of rotatable bonds is 7. The number of methoxy groups -OCH3 is 1. The molecule has 19 heavy (non-hydrogen) atoms. The van der Waals surface area contributed by atoms with Crippen molar-refractivity contribution in [2.45, 2.75) is 24.9 Å². The van der Waals surface area contributed by atoms with Crippen molar-refractivity contribution >= 4 is 5.91 Å². The summed E-state index contributed by atoms with van der Waals surface area (Å²) in [5.74, 6) is -0.283. The van der Waals surface area contributed by atoms with Crippen molar-refractivity contribution in [1.82, 2.24) is 5.32 Å². The number of carbonyl (C=O) groups is 1. The maximum absolute atomic E-state index is 12.3. The lowest BCUT2D eigenvalue weighted by Gasteiger charge is -2.27. The molecule has 5 nitrogen and oxygen atoms in total. The average molecular weight is 266 g/mol. The van der Waals surface area contributed by atoms with Gasteiger partial charge in [0, 0.05) is 13.7 Å². The van der Waals surface area contributed by atoms with E-state index in [9.17, 15) is 4.79 Å². The van der Waals surface area contributed by atoms with E-state index in [0.717, 1.165) is 5.56 Å².